The van der Waals surface area contributed by atoms with Crippen molar-refractivity contribution < 1.29 is 13.9 Å². The van der Waals surface area contributed by atoms with Gasteiger partial charge in [-0.05, 0) is 37.6 Å². The summed E-state index contributed by atoms with van der Waals surface area (Å²) in [7, 11) is 0. The minimum absolute atomic E-state index is 0.232. The Bertz CT molecular complexity index is 929. The second-order valence-corrected chi connectivity index (χ2v) is 7.02. The van der Waals surface area contributed by atoms with Crippen LogP contribution in [0.2, 0.25) is 5.02 Å². The monoisotopic (exact) mass is 399 g/mol. The highest BCUT2D eigenvalue weighted by molar-refractivity contribution is 6.30. The van der Waals surface area contributed by atoms with E-state index in [0.29, 0.717) is 29.8 Å². The highest BCUT2D eigenvalue weighted by Gasteiger charge is 2.35. The molecule has 6 nitrogen and oxygen atoms in total. The fourth-order valence-electron chi connectivity index (χ4n) is 2.84. The average Bonchev–Trinajstić information content (AvgIpc) is 3.17. The molecule has 1 aromatic heterocycles. The van der Waals surface area contributed by atoms with Crippen LogP contribution in [0.4, 0.5) is 0 Å². The largest absolute Gasteiger partial charge is 0.465 e. The predicted octanol–water partition coefficient (Wildman–Crippen LogP) is 4.04. The maximum absolute atomic E-state index is 12.6. The van der Waals surface area contributed by atoms with E-state index in [1.807, 2.05) is 49.4 Å². The number of hydrogen-bond donors (Lipinski definition) is 1. The van der Waals surface area contributed by atoms with E-state index in [4.69, 9.17) is 20.8 Å². The molecule has 0 bridgehead atoms. The van der Waals surface area contributed by atoms with Gasteiger partial charge in [-0.1, -0.05) is 48.0 Å². The molecule has 1 unspecified atom stereocenters. The van der Waals surface area contributed by atoms with Crippen molar-refractivity contribution in [2.45, 2.75) is 32.4 Å². The lowest BCUT2D eigenvalue weighted by molar-refractivity contribution is -0.150. The smallest absolute Gasteiger partial charge is 0.326 e. The normalized spacial score (nSPS) is 13.1. The number of nitrogens with one attached hydrogen (secondary N) is 1. The van der Waals surface area contributed by atoms with Crippen LogP contribution in [0, 0.1) is 0 Å². The summed E-state index contributed by atoms with van der Waals surface area (Å²) in [5, 5.41) is 11.9. The Morgan fingerprint density at radius 3 is 2.68 bits per heavy atom. The zero-order chi connectivity index (χ0) is 20.0. The summed E-state index contributed by atoms with van der Waals surface area (Å²) in [6.45, 7) is 4.14. The zero-order valence-electron chi connectivity index (χ0n) is 15.8. The predicted molar refractivity (Wildman–Crippen MR) is 107 cm³/mol. The zero-order valence-corrected chi connectivity index (χ0v) is 16.6. The van der Waals surface area contributed by atoms with Crippen LogP contribution in [0.25, 0.3) is 11.5 Å². The van der Waals surface area contributed by atoms with E-state index in [1.54, 1.807) is 19.1 Å². The Balaban J connectivity index is 1.74. The molecule has 28 heavy (non-hydrogen) atoms. The van der Waals surface area contributed by atoms with E-state index in [1.165, 1.54) is 0 Å². The molecule has 2 aromatic carbocycles. The summed E-state index contributed by atoms with van der Waals surface area (Å²) in [4.78, 5) is 12.6. The molecule has 0 saturated carbocycles. The number of aromatic nitrogens is 2. The van der Waals surface area contributed by atoms with Gasteiger partial charge < -0.3 is 9.15 Å². The first-order chi connectivity index (χ1) is 13.5. The number of esters is 1. The van der Waals surface area contributed by atoms with Gasteiger partial charge in [-0.15, -0.1) is 10.2 Å². The Labute approximate surface area is 168 Å². The first-order valence-electron chi connectivity index (χ1n) is 9.04. The third-order valence-electron chi connectivity index (χ3n) is 4.29. The Morgan fingerprint density at radius 1 is 1.18 bits per heavy atom. The third kappa shape index (κ3) is 4.97. The van der Waals surface area contributed by atoms with E-state index >= 15 is 0 Å². The number of ether oxygens (including phenoxy) is 1. The maximum atomic E-state index is 12.6. The average molecular weight is 400 g/mol. The van der Waals surface area contributed by atoms with E-state index in [2.05, 4.69) is 15.5 Å². The van der Waals surface area contributed by atoms with Gasteiger partial charge in [0.25, 0.3) is 0 Å². The number of nitrogens with zero attached hydrogens (tertiary/aromatic N) is 2. The molecule has 0 amide bonds. The molecule has 0 spiro atoms. The fourth-order valence-corrected chi connectivity index (χ4v) is 3.03. The summed E-state index contributed by atoms with van der Waals surface area (Å²) in [6.07, 6.45) is 0.474. The lowest BCUT2D eigenvalue weighted by Crippen LogP contribution is -2.51. The van der Waals surface area contributed by atoms with Crippen molar-refractivity contribution in [1.82, 2.24) is 15.5 Å². The van der Waals surface area contributed by atoms with Crippen molar-refractivity contribution in [3.8, 4) is 11.5 Å². The standard InChI is InChI=1S/C21H22ClN3O3/c1-3-27-20(26)21(2,13-15-8-5-4-6-9-15)23-14-18-24-25-19(28-18)16-10-7-11-17(22)12-16/h4-12,23H,3,13-14H2,1-2H3. The van der Waals surface area contributed by atoms with Gasteiger partial charge in [-0.3, -0.25) is 10.1 Å². The molecule has 1 N–H and O–H groups in total. The third-order valence-corrected chi connectivity index (χ3v) is 4.53. The highest BCUT2D eigenvalue weighted by atomic mass is 35.5. The van der Waals surface area contributed by atoms with Crippen molar-refractivity contribution in [2.24, 2.45) is 0 Å². The number of carbonyl (C=O) groups is 1. The van der Waals surface area contributed by atoms with Crippen LogP contribution in [-0.4, -0.2) is 28.3 Å². The molecule has 0 fully saturated rings. The van der Waals surface area contributed by atoms with Gasteiger partial charge in [-0.2, -0.15) is 0 Å². The molecule has 0 aliphatic rings. The lowest BCUT2D eigenvalue weighted by Gasteiger charge is -2.28. The van der Waals surface area contributed by atoms with Gasteiger partial charge in [0.1, 0.15) is 5.54 Å². The van der Waals surface area contributed by atoms with Crippen LogP contribution in [-0.2, 0) is 22.5 Å². The number of rotatable bonds is 8. The topological polar surface area (TPSA) is 77.2 Å². The molecule has 1 heterocycles. The minimum Gasteiger partial charge on any atom is -0.465 e. The molecule has 3 rings (SSSR count). The van der Waals surface area contributed by atoms with E-state index in [0.717, 1.165) is 11.1 Å². The lowest BCUT2D eigenvalue weighted by atomic mass is 9.92. The molecule has 3 aromatic rings. The van der Waals surface area contributed by atoms with Crippen LogP contribution in [0.15, 0.2) is 59.0 Å². The molecular weight excluding hydrogens is 378 g/mol. The number of benzene rings is 2. The van der Waals surface area contributed by atoms with Crippen LogP contribution in [0.5, 0.6) is 0 Å². The van der Waals surface area contributed by atoms with Crippen LogP contribution in [0.1, 0.15) is 25.3 Å². The van der Waals surface area contributed by atoms with Gasteiger partial charge in [0, 0.05) is 17.0 Å². The van der Waals surface area contributed by atoms with E-state index < -0.39 is 5.54 Å². The molecule has 7 heteroatoms. The number of halogens is 1. The van der Waals surface area contributed by atoms with E-state index in [-0.39, 0.29) is 12.5 Å². The first-order valence-corrected chi connectivity index (χ1v) is 9.42. The summed E-state index contributed by atoms with van der Waals surface area (Å²) >= 11 is 6.01. The molecule has 0 saturated heterocycles. The van der Waals surface area contributed by atoms with Crippen molar-refractivity contribution >= 4 is 17.6 Å². The molecule has 1 atom stereocenters. The van der Waals surface area contributed by atoms with Gasteiger partial charge in [-0.25, -0.2) is 0 Å². The van der Waals surface area contributed by atoms with Gasteiger partial charge in [0.05, 0.1) is 13.2 Å². The second-order valence-electron chi connectivity index (χ2n) is 6.58. The number of carbonyl (C=O) groups excluding carboxylic acids is 1. The van der Waals surface area contributed by atoms with Crippen LogP contribution >= 0.6 is 11.6 Å². The molecule has 0 radical (unpaired) electrons. The van der Waals surface area contributed by atoms with Crippen molar-refractivity contribution in [3.05, 3.63) is 71.1 Å². The van der Waals surface area contributed by atoms with Crippen molar-refractivity contribution in [3.63, 3.8) is 0 Å². The molecular formula is C21H22ClN3O3. The number of hydrogen-bond acceptors (Lipinski definition) is 6. The van der Waals surface area contributed by atoms with Crippen LogP contribution in [0.3, 0.4) is 0 Å². The minimum atomic E-state index is -0.929. The molecule has 0 aliphatic heterocycles. The molecule has 0 aliphatic carbocycles. The van der Waals surface area contributed by atoms with Gasteiger partial charge in [0.2, 0.25) is 11.8 Å². The van der Waals surface area contributed by atoms with E-state index in [9.17, 15) is 4.79 Å². The highest BCUT2D eigenvalue weighted by Crippen LogP contribution is 2.22. The Morgan fingerprint density at radius 2 is 1.96 bits per heavy atom. The van der Waals surface area contributed by atoms with Crippen LogP contribution < -0.4 is 5.32 Å². The van der Waals surface area contributed by atoms with Gasteiger partial charge >= 0.3 is 5.97 Å². The summed E-state index contributed by atoms with van der Waals surface area (Å²) in [6, 6.07) is 17.0. The summed E-state index contributed by atoms with van der Waals surface area (Å²) < 4.78 is 11.0. The summed E-state index contributed by atoms with van der Waals surface area (Å²) in [5.41, 5.74) is 0.835. The quantitative estimate of drug-likeness (QED) is 0.576. The van der Waals surface area contributed by atoms with Gasteiger partial charge in [0.15, 0.2) is 0 Å². The van der Waals surface area contributed by atoms with Crippen molar-refractivity contribution in [1.29, 1.82) is 0 Å². The first kappa shape index (κ1) is 20.0. The van der Waals surface area contributed by atoms with Crippen molar-refractivity contribution in [2.75, 3.05) is 6.61 Å². The Hall–Kier alpha value is -2.70. The molecule has 146 valence electrons. The SMILES string of the molecule is CCOC(=O)C(C)(Cc1ccccc1)NCc1nnc(-c2cccc(Cl)c2)o1. The second kappa shape index (κ2) is 8.99. The fraction of sp³-hybridized carbons (Fsp3) is 0.286. The Kier molecular flexibility index (Phi) is 6.44. The summed E-state index contributed by atoms with van der Waals surface area (Å²) in [5.74, 6) is 0.423. The maximum Gasteiger partial charge on any atom is 0.326 e.